The number of carbonyl (C=O) groups excluding carboxylic acids is 1. The van der Waals surface area contributed by atoms with Gasteiger partial charge >= 0.3 is 0 Å². The van der Waals surface area contributed by atoms with Crippen molar-refractivity contribution in [2.75, 3.05) is 19.8 Å². The molecule has 128 valence electrons. The fourth-order valence-corrected chi connectivity index (χ4v) is 2.66. The van der Waals surface area contributed by atoms with Gasteiger partial charge in [0, 0.05) is 24.8 Å². The Balaban J connectivity index is 1.88. The highest BCUT2D eigenvalue weighted by Crippen LogP contribution is 2.17. The summed E-state index contributed by atoms with van der Waals surface area (Å²) >= 11 is 0. The zero-order chi connectivity index (χ0) is 16.5. The standard InChI is InChI=1S/C18H28N2O3/c1-2-3-7-15(12-19)20-18(21)14-6-4-8-16(11-14)23-13-17-9-5-10-22-17/h4,6,8,11,15,17H,2-3,5,7,9-10,12-13,19H2,1H3,(H,20,21). The summed E-state index contributed by atoms with van der Waals surface area (Å²) in [5.74, 6) is 0.602. The zero-order valence-electron chi connectivity index (χ0n) is 13.9. The number of unbranched alkanes of at least 4 members (excludes halogenated alkanes) is 1. The van der Waals surface area contributed by atoms with Crippen molar-refractivity contribution in [1.82, 2.24) is 5.32 Å². The largest absolute Gasteiger partial charge is 0.491 e. The first kappa shape index (κ1) is 17.8. The van der Waals surface area contributed by atoms with Gasteiger partial charge in [-0.1, -0.05) is 25.8 Å². The van der Waals surface area contributed by atoms with Crippen molar-refractivity contribution in [3.05, 3.63) is 29.8 Å². The number of benzene rings is 1. The lowest BCUT2D eigenvalue weighted by molar-refractivity contribution is 0.0679. The molecule has 1 aliphatic heterocycles. The molecule has 1 fully saturated rings. The van der Waals surface area contributed by atoms with E-state index in [2.05, 4.69) is 12.2 Å². The topological polar surface area (TPSA) is 73.6 Å². The van der Waals surface area contributed by atoms with Crippen LogP contribution in [0, 0.1) is 0 Å². The zero-order valence-corrected chi connectivity index (χ0v) is 13.9. The Labute approximate surface area is 138 Å². The second-order valence-corrected chi connectivity index (χ2v) is 6.02. The van der Waals surface area contributed by atoms with Gasteiger partial charge in [0.05, 0.1) is 6.10 Å². The lowest BCUT2D eigenvalue weighted by Crippen LogP contribution is -2.40. The molecule has 2 atom stereocenters. The molecule has 1 heterocycles. The van der Waals surface area contributed by atoms with Crippen molar-refractivity contribution in [3.63, 3.8) is 0 Å². The highest BCUT2D eigenvalue weighted by atomic mass is 16.5. The van der Waals surface area contributed by atoms with Gasteiger partial charge in [-0.25, -0.2) is 0 Å². The number of nitrogens with two attached hydrogens (primary N) is 1. The summed E-state index contributed by atoms with van der Waals surface area (Å²) in [5, 5.41) is 3.00. The first-order valence-electron chi connectivity index (χ1n) is 8.58. The Kier molecular flexibility index (Phi) is 7.36. The van der Waals surface area contributed by atoms with Crippen molar-refractivity contribution in [1.29, 1.82) is 0 Å². The summed E-state index contributed by atoms with van der Waals surface area (Å²) in [6.07, 6.45) is 5.37. The molecule has 0 spiro atoms. The van der Waals surface area contributed by atoms with Crippen molar-refractivity contribution in [2.24, 2.45) is 5.73 Å². The van der Waals surface area contributed by atoms with E-state index in [-0.39, 0.29) is 18.1 Å². The van der Waals surface area contributed by atoms with Crippen molar-refractivity contribution in [2.45, 2.75) is 51.2 Å². The lowest BCUT2D eigenvalue weighted by Gasteiger charge is -2.17. The van der Waals surface area contributed by atoms with Crippen LogP contribution in [0.1, 0.15) is 49.4 Å². The van der Waals surface area contributed by atoms with Gasteiger partial charge in [-0.3, -0.25) is 4.79 Å². The molecule has 1 aromatic carbocycles. The second-order valence-electron chi connectivity index (χ2n) is 6.02. The Morgan fingerprint density at radius 3 is 3.09 bits per heavy atom. The molecule has 0 aliphatic carbocycles. The van der Waals surface area contributed by atoms with Gasteiger partial charge in [-0.15, -0.1) is 0 Å². The maximum Gasteiger partial charge on any atom is 0.251 e. The molecule has 23 heavy (non-hydrogen) atoms. The molecule has 2 unspecified atom stereocenters. The molecular weight excluding hydrogens is 292 g/mol. The minimum absolute atomic E-state index is 0.0268. The van der Waals surface area contributed by atoms with Crippen LogP contribution in [0.4, 0.5) is 0 Å². The van der Waals surface area contributed by atoms with E-state index in [0.717, 1.165) is 38.7 Å². The lowest BCUT2D eigenvalue weighted by atomic mass is 10.1. The van der Waals surface area contributed by atoms with E-state index in [4.69, 9.17) is 15.2 Å². The number of rotatable bonds is 9. The van der Waals surface area contributed by atoms with Crippen LogP contribution in [-0.4, -0.2) is 37.8 Å². The third kappa shape index (κ3) is 5.84. The average Bonchev–Trinajstić information content (AvgIpc) is 3.10. The molecule has 0 radical (unpaired) electrons. The summed E-state index contributed by atoms with van der Waals surface area (Å²) in [4.78, 5) is 12.3. The summed E-state index contributed by atoms with van der Waals surface area (Å²) in [6, 6.07) is 7.30. The van der Waals surface area contributed by atoms with E-state index in [0.29, 0.717) is 24.5 Å². The normalized spacial score (nSPS) is 18.6. The molecule has 1 aromatic rings. The van der Waals surface area contributed by atoms with E-state index in [1.54, 1.807) is 12.1 Å². The van der Waals surface area contributed by atoms with Crippen LogP contribution in [-0.2, 0) is 4.74 Å². The minimum atomic E-state index is -0.0980. The van der Waals surface area contributed by atoms with Gasteiger partial charge in [-0.05, 0) is 37.5 Å². The molecule has 0 bridgehead atoms. The molecule has 1 amide bonds. The van der Waals surface area contributed by atoms with Crippen LogP contribution in [0.5, 0.6) is 5.75 Å². The molecule has 2 rings (SSSR count). The van der Waals surface area contributed by atoms with Crippen molar-refractivity contribution >= 4 is 5.91 Å². The number of hydrogen-bond donors (Lipinski definition) is 2. The second kappa shape index (κ2) is 9.53. The third-order valence-corrected chi connectivity index (χ3v) is 4.08. The van der Waals surface area contributed by atoms with Crippen LogP contribution in [0.25, 0.3) is 0 Å². The van der Waals surface area contributed by atoms with Gasteiger partial charge in [0.2, 0.25) is 0 Å². The quantitative estimate of drug-likeness (QED) is 0.733. The fourth-order valence-electron chi connectivity index (χ4n) is 2.66. The number of hydrogen-bond acceptors (Lipinski definition) is 4. The highest BCUT2D eigenvalue weighted by molar-refractivity contribution is 5.94. The monoisotopic (exact) mass is 320 g/mol. The van der Waals surface area contributed by atoms with Gasteiger partial charge in [0.1, 0.15) is 12.4 Å². The van der Waals surface area contributed by atoms with E-state index in [1.165, 1.54) is 0 Å². The van der Waals surface area contributed by atoms with Crippen LogP contribution < -0.4 is 15.8 Å². The SMILES string of the molecule is CCCCC(CN)NC(=O)c1cccc(OCC2CCCO2)c1. The summed E-state index contributed by atoms with van der Waals surface area (Å²) in [7, 11) is 0. The Hall–Kier alpha value is -1.59. The Bertz CT molecular complexity index is 487. The average molecular weight is 320 g/mol. The summed E-state index contributed by atoms with van der Waals surface area (Å²) in [5.41, 5.74) is 6.34. The third-order valence-electron chi connectivity index (χ3n) is 4.08. The van der Waals surface area contributed by atoms with Crippen LogP contribution in [0.15, 0.2) is 24.3 Å². The maximum atomic E-state index is 12.3. The predicted octanol–water partition coefficient (Wildman–Crippen LogP) is 2.49. The number of nitrogens with one attached hydrogen (secondary N) is 1. The Morgan fingerprint density at radius 2 is 2.39 bits per heavy atom. The van der Waals surface area contributed by atoms with Crippen LogP contribution >= 0.6 is 0 Å². The van der Waals surface area contributed by atoms with E-state index in [1.807, 2.05) is 12.1 Å². The minimum Gasteiger partial charge on any atom is -0.491 e. The van der Waals surface area contributed by atoms with Crippen molar-refractivity contribution in [3.8, 4) is 5.75 Å². The van der Waals surface area contributed by atoms with Crippen molar-refractivity contribution < 1.29 is 14.3 Å². The van der Waals surface area contributed by atoms with Crippen LogP contribution in [0.2, 0.25) is 0 Å². The first-order valence-corrected chi connectivity index (χ1v) is 8.58. The highest BCUT2D eigenvalue weighted by Gasteiger charge is 2.17. The number of amides is 1. The van der Waals surface area contributed by atoms with Gasteiger partial charge in [0.15, 0.2) is 0 Å². The predicted molar refractivity (Wildman–Crippen MR) is 90.7 cm³/mol. The number of ether oxygens (including phenoxy) is 2. The smallest absolute Gasteiger partial charge is 0.251 e. The first-order chi connectivity index (χ1) is 11.2. The summed E-state index contributed by atoms with van der Waals surface area (Å²) < 4.78 is 11.3. The molecule has 0 saturated carbocycles. The molecule has 0 aromatic heterocycles. The number of carbonyl (C=O) groups is 1. The van der Waals surface area contributed by atoms with E-state index in [9.17, 15) is 4.79 Å². The molecule has 5 heteroatoms. The molecule has 5 nitrogen and oxygen atoms in total. The van der Waals surface area contributed by atoms with Gasteiger partial charge in [-0.2, -0.15) is 0 Å². The fraction of sp³-hybridized carbons (Fsp3) is 0.611. The van der Waals surface area contributed by atoms with E-state index < -0.39 is 0 Å². The molecule has 3 N–H and O–H groups in total. The molecule has 1 aliphatic rings. The van der Waals surface area contributed by atoms with Gasteiger partial charge < -0.3 is 20.5 Å². The maximum absolute atomic E-state index is 12.3. The molecular formula is C18H28N2O3. The van der Waals surface area contributed by atoms with Crippen LogP contribution in [0.3, 0.4) is 0 Å². The Morgan fingerprint density at radius 1 is 1.52 bits per heavy atom. The molecule has 1 saturated heterocycles. The van der Waals surface area contributed by atoms with E-state index >= 15 is 0 Å². The summed E-state index contributed by atoms with van der Waals surface area (Å²) in [6.45, 7) is 3.94. The van der Waals surface area contributed by atoms with Gasteiger partial charge in [0.25, 0.3) is 5.91 Å².